The minimum absolute atomic E-state index is 0.0482. The van der Waals surface area contributed by atoms with E-state index in [-0.39, 0.29) is 62.4 Å². The zero-order valence-corrected chi connectivity index (χ0v) is 46.0. The maximum atomic E-state index is 13.5. The minimum atomic E-state index is -1.70. The number of nitriles is 1. The molecule has 2 aromatic heterocycles. The van der Waals surface area contributed by atoms with Crippen molar-refractivity contribution in [3.05, 3.63) is 168 Å². The molecule has 9 rings (SSSR count). The monoisotopic (exact) mass is 1070 g/mol. The summed E-state index contributed by atoms with van der Waals surface area (Å²) in [5.41, 5.74) is 6.84. The molecule has 2 aliphatic rings. The lowest BCUT2D eigenvalue weighted by atomic mass is 9.80. The van der Waals surface area contributed by atoms with Crippen molar-refractivity contribution in [1.29, 1.82) is 5.26 Å². The normalized spacial score (nSPS) is 16.5. The van der Waals surface area contributed by atoms with Crippen molar-refractivity contribution in [3.63, 3.8) is 0 Å². The number of amides is 2. The molecule has 1 aliphatic heterocycles. The van der Waals surface area contributed by atoms with E-state index in [4.69, 9.17) is 37.7 Å². The van der Waals surface area contributed by atoms with Crippen LogP contribution in [0.3, 0.4) is 0 Å². The van der Waals surface area contributed by atoms with E-state index in [1.54, 1.807) is 27.6 Å². The highest BCUT2D eigenvalue weighted by Gasteiger charge is 2.45. The van der Waals surface area contributed by atoms with Gasteiger partial charge in [0.05, 0.1) is 52.4 Å². The second kappa shape index (κ2) is 25.5. The van der Waals surface area contributed by atoms with Gasteiger partial charge in [-0.15, -0.1) is 0 Å². The van der Waals surface area contributed by atoms with Crippen LogP contribution >= 0.6 is 8.53 Å². The predicted molar refractivity (Wildman–Crippen MR) is 298 cm³/mol. The highest BCUT2D eigenvalue weighted by atomic mass is 31.2. The summed E-state index contributed by atoms with van der Waals surface area (Å²) < 4.78 is 49.1. The van der Waals surface area contributed by atoms with Crippen molar-refractivity contribution < 1.29 is 42.3 Å². The Morgan fingerprint density at radius 3 is 2.01 bits per heavy atom. The number of carbonyl (C=O) groups is 2. The summed E-state index contributed by atoms with van der Waals surface area (Å²) in [6.07, 6.45) is 1.67. The number of hydrogen-bond donors (Lipinski definition) is 1. The summed E-state index contributed by atoms with van der Waals surface area (Å²) in [7, 11) is 3.24. The van der Waals surface area contributed by atoms with Crippen molar-refractivity contribution in [2.24, 2.45) is 0 Å². The fraction of sp³-hybridized carbons (Fsp3) is 0.367. The maximum absolute atomic E-state index is 13.5. The van der Waals surface area contributed by atoms with Gasteiger partial charge in [0.25, 0.3) is 8.53 Å². The number of imidazole rings is 1. The number of anilines is 1. The second-order valence-corrected chi connectivity index (χ2v) is 21.2. The van der Waals surface area contributed by atoms with E-state index in [0.717, 1.165) is 38.9 Å². The average Bonchev–Trinajstić information content (AvgIpc) is 4.33. The Bertz CT molecular complexity index is 3070. The van der Waals surface area contributed by atoms with Gasteiger partial charge in [0.15, 0.2) is 17.0 Å². The van der Waals surface area contributed by atoms with Crippen molar-refractivity contribution >= 4 is 37.5 Å². The molecule has 0 radical (unpaired) electrons. The summed E-state index contributed by atoms with van der Waals surface area (Å²) in [6.45, 7) is 9.14. The summed E-state index contributed by atoms with van der Waals surface area (Å²) >= 11 is 0. The Morgan fingerprint density at radius 1 is 0.808 bits per heavy atom. The Kier molecular flexibility index (Phi) is 18.1. The van der Waals surface area contributed by atoms with Crippen LogP contribution in [-0.4, -0.2) is 113 Å². The number of methoxy groups -OCH3 is 2. The Balaban J connectivity index is 0.935. The molecule has 17 nitrogen and oxygen atoms in total. The molecule has 1 saturated heterocycles. The van der Waals surface area contributed by atoms with Crippen LogP contribution in [0.25, 0.3) is 22.3 Å². The van der Waals surface area contributed by atoms with Crippen molar-refractivity contribution in [2.75, 3.05) is 52.9 Å². The molecule has 0 saturated carbocycles. The van der Waals surface area contributed by atoms with Gasteiger partial charge in [-0.25, -0.2) is 24.4 Å². The molecular weight excluding hydrogens is 1010 g/mol. The molecule has 3 heterocycles. The number of carbonyl (C=O) groups excluding carboxylic acids is 2. The largest absolute Gasteiger partial charge is 0.497 e. The molecule has 4 atom stereocenters. The topological polar surface area (TPSA) is 185 Å². The van der Waals surface area contributed by atoms with E-state index in [0.29, 0.717) is 42.0 Å². The molecule has 78 heavy (non-hydrogen) atoms. The molecule has 0 spiro atoms. The summed E-state index contributed by atoms with van der Waals surface area (Å²) in [5, 5.41) is 12.4. The number of aromatic nitrogens is 4. The van der Waals surface area contributed by atoms with Crippen LogP contribution in [0.15, 0.2) is 140 Å². The first kappa shape index (κ1) is 55.5. The predicted octanol–water partition coefficient (Wildman–Crippen LogP) is 11.4. The minimum Gasteiger partial charge on any atom is -0.497 e. The molecular formula is C60H67N8O9P. The number of nitrogens with one attached hydrogen (secondary N) is 1. The number of hydrogen-bond acceptors (Lipinski definition) is 14. The molecule has 406 valence electrons. The van der Waals surface area contributed by atoms with Gasteiger partial charge in [-0.1, -0.05) is 103 Å². The number of fused-ring (bicyclic) bond motifs is 4. The zero-order chi connectivity index (χ0) is 54.8. The van der Waals surface area contributed by atoms with Crippen LogP contribution in [0.2, 0.25) is 0 Å². The molecule has 0 bridgehead atoms. The zero-order valence-electron chi connectivity index (χ0n) is 45.2. The smallest absolute Gasteiger partial charge is 0.409 e. The quantitative estimate of drug-likeness (QED) is 0.0342. The maximum Gasteiger partial charge on any atom is 0.409 e. The number of nitrogens with zero attached hydrogens (tertiary/aromatic N) is 7. The van der Waals surface area contributed by atoms with E-state index in [1.807, 2.05) is 108 Å². The fourth-order valence-corrected chi connectivity index (χ4v) is 12.2. The SMILES string of the molecule is COc1ccc(C(OC[C@H]2O[C@@H](n3cnc4c(NC(=O)CCCN(C)C(=O)OCC5c6ccccc6-c6ccccc65)ncnc43)C[C@H]2OP(OCCC#N)N(C(C)C)C(C)C)(c2ccccc2)c2ccc(OC)cc2)cc1. The lowest BCUT2D eigenvalue weighted by Crippen LogP contribution is -2.39. The first-order chi connectivity index (χ1) is 37.9. The third-order valence-electron chi connectivity index (χ3n) is 14.2. The first-order valence-corrected chi connectivity index (χ1v) is 27.5. The molecule has 1 N–H and O–H groups in total. The van der Waals surface area contributed by atoms with Crippen LogP contribution in [-0.2, 0) is 33.7 Å². The summed E-state index contributed by atoms with van der Waals surface area (Å²) in [6, 6.07) is 44.5. The third-order valence-corrected chi connectivity index (χ3v) is 16.3. The standard InChI is InChI=1S/C60H67N8O9P/c1-40(2)68(41(3)4)78(75-34-16-32-61)77-52-35-55(76-53(52)37-74-60(42-17-9-8-10-18-42,43-24-28-45(71-6)29-25-43)44-26-30-46(72-7)31-27-44)67-39-64-56-57(62-38-63-58(56)67)65-54(69)23-15-33-66(5)59(70)73-36-51-49-21-13-11-19-47(49)48-20-12-14-22-50(48)51/h8-14,17-22,24-31,38-41,51-53,55H,15-16,23,33-37H2,1-7H3,(H,62,63,65,69)/t52-,53-,55-,78?/m1/s1. The van der Waals surface area contributed by atoms with Crippen LogP contribution in [0.1, 0.15) is 93.3 Å². The van der Waals surface area contributed by atoms with E-state index in [9.17, 15) is 14.9 Å². The molecule has 18 heteroatoms. The molecule has 1 unspecified atom stereocenters. The van der Waals surface area contributed by atoms with Crippen LogP contribution in [0, 0.1) is 11.3 Å². The third kappa shape index (κ3) is 12.0. The lowest BCUT2D eigenvalue weighted by molar-refractivity contribution is -0.116. The highest BCUT2D eigenvalue weighted by molar-refractivity contribution is 7.44. The second-order valence-electron chi connectivity index (χ2n) is 19.8. The van der Waals surface area contributed by atoms with Gasteiger partial charge in [0.1, 0.15) is 42.4 Å². The number of ether oxygens (including phenoxy) is 5. The van der Waals surface area contributed by atoms with E-state index >= 15 is 0 Å². The van der Waals surface area contributed by atoms with Crippen LogP contribution < -0.4 is 14.8 Å². The van der Waals surface area contributed by atoms with Crippen molar-refractivity contribution in [1.82, 2.24) is 29.1 Å². The van der Waals surface area contributed by atoms with E-state index in [2.05, 4.69) is 78.0 Å². The number of benzene rings is 5. The summed E-state index contributed by atoms with van der Waals surface area (Å²) in [4.78, 5) is 42.0. The average molecular weight is 1080 g/mol. The molecule has 2 amide bonds. The van der Waals surface area contributed by atoms with Gasteiger partial charge in [-0.2, -0.15) is 5.26 Å². The fourth-order valence-electron chi connectivity index (χ4n) is 10.4. The van der Waals surface area contributed by atoms with Crippen molar-refractivity contribution in [2.45, 2.75) is 95.4 Å². The molecule has 1 fully saturated rings. The molecule has 5 aromatic carbocycles. The van der Waals surface area contributed by atoms with Crippen LogP contribution in [0.5, 0.6) is 11.5 Å². The molecule has 7 aromatic rings. The van der Waals surface area contributed by atoms with Gasteiger partial charge in [-0.3, -0.25) is 9.36 Å². The van der Waals surface area contributed by atoms with E-state index in [1.165, 1.54) is 11.2 Å². The van der Waals surface area contributed by atoms with Gasteiger partial charge in [0, 0.05) is 44.4 Å². The van der Waals surface area contributed by atoms with Gasteiger partial charge in [-0.05, 0) is 97.3 Å². The number of rotatable bonds is 24. The van der Waals surface area contributed by atoms with Crippen molar-refractivity contribution in [3.8, 4) is 28.7 Å². The highest BCUT2D eigenvalue weighted by Crippen LogP contribution is 2.51. The Hall–Kier alpha value is -7.29. The van der Waals surface area contributed by atoms with E-state index < -0.39 is 38.7 Å². The Labute approximate surface area is 457 Å². The van der Waals surface area contributed by atoms with Gasteiger partial charge in [0.2, 0.25) is 5.91 Å². The van der Waals surface area contributed by atoms with Gasteiger partial charge >= 0.3 is 6.09 Å². The van der Waals surface area contributed by atoms with Crippen LogP contribution in [0.4, 0.5) is 10.6 Å². The first-order valence-electron chi connectivity index (χ1n) is 26.4. The Morgan fingerprint density at radius 2 is 1.41 bits per heavy atom. The summed E-state index contributed by atoms with van der Waals surface area (Å²) in [5.74, 6) is 1.29. The molecule has 1 aliphatic carbocycles. The van der Waals surface area contributed by atoms with Gasteiger partial charge < -0.3 is 42.9 Å². The lowest BCUT2D eigenvalue weighted by Gasteiger charge is -2.39.